The van der Waals surface area contributed by atoms with E-state index in [9.17, 15) is 17.6 Å². The van der Waals surface area contributed by atoms with Crippen LogP contribution in [0.4, 0.5) is 4.39 Å². The van der Waals surface area contributed by atoms with Crippen LogP contribution in [0.2, 0.25) is 0 Å². The smallest absolute Gasteiger partial charge is 0.337 e. The number of ether oxygens (including phenoxy) is 2. The number of nitrogens with one attached hydrogen (secondary N) is 1. The molecule has 1 atom stereocenters. The number of carbonyl (C=O) groups excluding carboxylic acids is 1. The Bertz CT molecular complexity index is 1040. The minimum atomic E-state index is -4.00. The van der Waals surface area contributed by atoms with Crippen LogP contribution >= 0.6 is 0 Å². The van der Waals surface area contributed by atoms with Gasteiger partial charge in [0.1, 0.15) is 11.6 Å². The number of esters is 1. The van der Waals surface area contributed by atoms with Gasteiger partial charge in [-0.2, -0.15) is 13.1 Å². The van der Waals surface area contributed by atoms with Crippen LogP contribution in [-0.4, -0.2) is 32.4 Å². The first-order chi connectivity index (χ1) is 13.8. The number of benzene rings is 2. The Balaban J connectivity index is 2.03. The van der Waals surface area contributed by atoms with E-state index >= 15 is 0 Å². The van der Waals surface area contributed by atoms with Gasteiger partial charge in [-0.3, -0.25) is 4.31 Å². The summed E-state index contributed by atoms with van der Waals surface area (Å²) in [5.41, 5.74) is 1.08. The van der Waals surface area contributed by atoms with Crippen molar-refractivity contribution in [3.8, 4) is 5.75 Å². The minimum absolute atomic E-state index is 0.117. The fraction of sp³-hybridized carbons (Fsp3) is 0.250. The summed E-state index contributed by atoms with van der Waals surface area (Å²) in [7, 11) is -2.50. The summed E-state index contributed by atoms with van der Waals surface area (Å²) in [4.78, 5) is 12.6. The maximum absolute atomic E-state index is 13.5. The van der Waals surface area contributed by atoms with E-state index < -0.39 is 28.0 Å². The molecule has 0 fully saturated rings. The zero-order valence-electron chi connectivity index (χ0n) is 16.0. The lowest BCUT2D eigenvalue weighted by molar-refractivity contribution is -0.139. The molecule has 7 nitrogen and oxygen atoms in total. The van der Waals surface area contributed by atoms with Crippen molar-refractivity contribution in [2.75, 3.05) is 13.7 Å². The highest BCUT2D eigenvalue weighted by Crippen LogP contribution is 2.31. The molecule has 9 heteroatoms. The van der Waals surface area contributed by atoms with Gasteiger partial charge < -0.3 is 9.47 Å². The minimum Gasteiger partial charge on any atom is -0.497 e. The Kier molecular flexibility index (Phi) is 6.19. The van der Waals surface area contributed by atoms with Crippen LogP contribution in [0.3, 0.4) is 0 Å². The molecule has 2 aromatic rings. The monoisotopic (exact) mass is 420 g/mol. The SMILES string of the molecule is CCOC(=O)C1=CN(Cc2cccc(F)c2)S(=O)(=O)NC1c1cccc(OC)c1. The molecule has 1 N–H and O–H groups in total. The van der Waals surface area contributed by atoms with Gasteiger partial charge in [-0.25, -0.2) is 9.18 Å². The van der Waals surface area contributed by atoms with Crippen LogP contribution in [0.25, 0.3) is 0 Å². The van der Waals surface area contributed by atoms with Gasteiger partial charge in [0.15, 0.2) is 0 Å². The van der Waals surface area contributed by atoms with Crippen molar-refractivity contribution in [3.05, 3.63) is 77.2 Å². The van der Waals surface area contributed by atoms with Gasteiger partial charge in [0.2, 0.25) is 0 Å². The summed E-state index contributed by atoms with van der Waals surface area (Å²) >= 11 is 0. The third-order valence-electron chi connectivity index (χ3n) is 4.34. The molecule has 0 bridgehead atoms. The van der Waals surface area contributed by atoms with Crippen LogP contribution in [0.5, 0.6) is 5.75 Å². The lowest BCUT2D eigenvalue weighted by Gasteiger charge is -2.32. The first-order valence-corrected chi connectivity index (χ1v) is 10.3. The van der Waals surface area contributed by atoms with Crippen LogP contribution < -0.4 is 9.46 Å². The Labute approximate surface area is 168 Å². The normalized spacial score (nSPS) is 18.1. The first kappa shape index (κ1) is 20.8. The van der Waals surface area contributed by atoms with Crippen molar-refractivity contribution < 1.29 is 27.1 Å². The molecule has 1 aliphatic heterocycles. The summed E-state index contributed by atoms with van der Waals surface area (Å²) in [6.07, 6.45) is 1.23. The van der Waals surface area contributed by atoms with Crippen molar-refractivity contribution in [3.63, 3.8) is 0 Å². The average Bonchev–Trinajstić information content (AvgIpc) is 2.69. The van der Waals surface area contributed by atoms with Crippen molar-refractivity contribution >= 4 is 16.2 Å². The van der Waals surface area contributed by atoms with Gasteiger partial charge in [-0.05, 0) is 42.3 Å². The van der Waals surface area contributed by atoms with E-state index in [0.29, 0.717) is 16.9 Å². The van der Waals surface area contributed by atoms with Gasteiger partial charge in [-0.1, -0.05) is 24.3 Å². The summed E-state index contributed by atoms with van der Waals surface area (Å²) in [5, 5.41) is 0. The Morgan fingerprint density at radius 2 is 1.97 bits per heavy atom. The third kappa shape index (κ3) is 4.75. The zero-order valence-corrected chi connectivity index (χ0v) is 16.8. The highest BCUT2D eigenvalue weighted by atomic mass is 32.2. The number of hydrogen-bond acceptors (Lipinski definition) is 5. The number of hydrogen-bond donors (Lipinski definition) is 1. The molecule has 0 aromatic heterocycles. The number of methoxy groups -OCH3 is 1. The molecule has 29 heavy (non-hydrogen) atoms. The zero-order chi connectivity index (χ0) is 21.0. The maximum Gasteiger partial charge on any atom is 0.337 e. The molecule has 2 aromatic carbocycles. The predicted octanol–water partition coefficient (Wildman–Crippen LogP) is 2.67. The molecule has 0 saturated heterocycles. The van der Waals surface area contributed by atoms with E-state index in [2.05, 4.69) is 4.72 Å². The lowest BCUT2D eigenvalue weighted by atomic mass is 10.00. The second-order valence-electron chi connectivity index (χ2n) is 6.31. The third-order valence-corrected chi connectivity index (χ3v) is 5.72. The summed E-state index contributed by atoms with van der Waals surface area (Å²) < 4.78 is 52.9. The van der Waals surface area contributed by atoms with Gasteiger partial charge >= 0.3 is 16.2 Å². The van der Waals surface area contributed by atoms with Gasteiger partial charge in [-0.15, -0.1) is 0 Å². The Morgan fingerprint density at radius 1 is 1.21 bits per heavy atom. The molecule has 0 radical (unpaired) electrons. The molecule has 0 saturated carbocycles. The van der Waals surface area contributed by atoms with E-state index in [1.54, 1.807) is 37.3 Å². The highest BCUT2D eigenvalue weighted by Gasteiger charge is 2.36. The summed E-state index contributed by atoms with van der Waals surface area (Å²) in [6.45, 7) is 1.66. The predicted molar refractivity (Wildman–Crippen MR) is 104 cm³/mol. The molecular weight excluding hydrogens is 399 g/mol. The van der Waals surface area contributed by atoms with Crippen LogP contribution in [0.15, 0.2) is 60.3 Å². The van der Waals surface area contributed by atoms with Crippen molar-refractivity contribution in [1.82, 2.24) is 9.03 Å². The van der Waals surface area contributed by atoms with E-state index in [-0.39, 0.29) is 18.7 Å². The second-order valence-corrected chi connectivity index (χ2v) is 7.97. The van der Waals surface area contributed by atoms with Crippen LogP contribution in [-0.2, 0) is 26.3 Å². The Morgan fingerprint density at radius 3 is 2.66 bits per heavy atom. The van der Waals surface area contributed by atoms with Crippen molar-refractivity contribution in [1.29, 1.82) is 0 Å². The number of rotatable bonds is 6. The van der Waals surface area contributed by atoms with Gasteiger partial charge in [0, 0.05) is 6.20 Å². The largest absolute Gasteiger partial charge is 0.497 e. The van der Waals surface area contributed by atoms with Gasteiger partial charge in [0.25, 0.3) is 0 Å². The second kappa shape index (κ2) is 8.62. The molecule has 0 amide bonds. The standard InChI is InChI=1S/C20H21FN2O5S/c1-3-28-20(24)18-13-23(12-14-6-4-8-16(21)10-14)29(25,26)22-19(18)15-7-5-9-17(11-15)27-2/h4-11,13,19,22H,3,12H2,1-2H3. The summed E-state index contributed by atoms with van der Waals surface area (Å²) in [5.74, 6) is -0.604. The fourth-order valence-electron chi connectivity index (χ4n) is 2.98. The number of halogens is 1. The highest BCUT2D eigenvalue weighted by molar-refractivity contribution is 7.87. The quantitative estimate of drug-likeness (QED) is 0.727. The van der Waals surface area contributed by atoms with Crippen LogP contribution in [0.1, 0.15) is 24.1 Å². The number of carbonyl (C=O) groups is 1. The lowest BCUT2D eigenvalue weighted by Crippen LogP contribution is -2.45. The van der Waals surface area contributed by atoms with E-state index in [1.807, 2.05) is 0 Å². The van der Waals surface area contributed by atoms with E-state index in [4.69, 9.17) is 9.47 Å². The molecule has 1 aliphatic rings. The maximum atomic E-state index is 13.5. The summed E-state index contributed by atoms with van der Waals surface area (Å²) in [6, 6.07) is 11.4. The number of nitrogens with zero attached hydrogens (tertiary/aromatic N) is 1. The van der Waals surface area contributed by atoms with E-state index in [1.165, 1.54) is 31.5 Å². The van der Waals surface area contributed by atoms with Gasteiger partial charge in [0.05, 0.1) is 31.9 Å². The molecule has 1 unspecified atom stereocenters. The first-order valence-electron chi connectivity index (χ1n) is 8.90. The molecule has 0 spiro atoms. The van der Waals surface area contributed by atoms with E-state index in [0.717, 1.165) is 4.31 Å². The molecule has 1 heterocycles. The topological polar surface area (TPSA) is 84.9 Å². The molecule has 3 rings (SSSR count). The molecule has 0 aliphatic carbocycles. The fourth-order valence-corrected chi connectivity index (χ4v) is 4.25. The molecular formula is C20H21FN2O5S. The van der Waals surface area contributed by atoms with Crippen molar-refractivity contribution in [2.24, 2.45) is 0 Å². The van der Waals surface area contributed by atoms with Crippen LogP contribution in [0, 0.1) is 5.82 Å². The Hall–Kier alpha value is -2.91. The molecule has 154 valence electrons. The average molecular weight is 420 g/mol. The van der Waals surface area contributed by atoms with Crippen molar-refractivity contribution in [2.45, 2.75) is 19.5 Å².